The van der Waals surface area contributed by atoms with E-state index in [1.54, 1.807) is 3.97 Å². The van der Waals surface area contributed by atoms with Gasteiger partial charge in [-0.05, 0) is 49.1 Å². The summed E-state index contributed by atoms with van der Waals surface area (Å²) in [6, 6.07) is 1.14. The fraction of sp³-hybridized carbons (Fsp3) is 0.690. The van der Waals surface area contributed by atoms with E-state index in [4.69, 9.17) is 19.3 Å². The van der Waals surface area contributed by atoms with Crippen LogP contribution in [-0.4, -0.2) is 94.2 Å². The van der Waals surface area contributed by atoms with Gasteiger partial charge in [-0.1, -0.05) is 26.7 Å². The number of unbranched alkanes of at least 4 members (excludes halogenated alkanes) is 2. The van der Waals surface area contributed by atoms with Crippen LogP contribution in [0, 0.1) is 18.6 Å². The fourth-order valence-electron chi connectivity index (χ4n) is 4.13. The van der Waals surface area contributed by atoms with Gasteiger partial charge >= 0.3 is 0 Å². The highest BCUT2D eigenvalue weighted by Crippen LogP contribution is 2.33. The molecule has 1 aliphatic heterocycles. The zero-order valence-electron chi connectivity index (χ0n) is 25.4. The van der Waals surface area contributed by atoms with Crippen molar-refractivity contribution in [3.8, 4) is 0 Å². The molecule has 0 bridgehead atoms. The number of ether oxygens (including phenoxy) is 3. The highest BCUT2D eigenvalue weighted by atomic mass is 32.2. The molecule has 2 aromatic rings. The lowest BCUT2D eigenvalue weighted by molar-refractivity contribution is -0.201. The second-order valence-corrected chi connectivity index (χ2v) is 12.2. The number of hydrogen-bond donors (Lipinski definition) is 2. The number of fused-ring (bicyclic) bond motifs is 1. The second-order valence-electron chi connectivity index (χ2n) is 10.1. The number of benzene rings is 1. The Hall–Kier alpha value is -1.81. The van der Waals surface area contributed by atoms with E-state index >= 15 is 0 Å². The van der Waals surface area contributed by atoms with Crippen molar-refractivity contribution in [2.24, 2.45) is 0 Å². The molecule has 1 saturated heterocycles. The minimum Gasteiger partial charge on any atom is -0.393 e. The first-order valence-corrected chi connectivity index (χ1v) is 16.7. The maximum atomic E-state index is 14.9. The largest absolute Gasteiger partial charge is 0.393 e. The minimum atomic E-state index is -0.904. The number of aldehydes is 1. The van der Waals surface area contributed by atoms with Crippen LogP contribution in [0.15, 0.2) is 6.07 Å². The number of methoxy groups -OCH3 is 1. The van der Waals surface area contributed by atoms with Crippen LogP contribution in [0.3, 0.4) is 0 Å². The van der Waals surface area contributed by atoms with E-state index in [0.717, 1.165) is 43.8 Å². The molecule has 244 valence electrons. The van der Waals surface area contributed by atoms with Gasteiger partial charge in [0.25, 0.3) is 0 Å². The topological polar surface area (TPSA) is 123 Å². The molecule has 0 saturated carbocycles. The number of halogens is 2. The zero-order valence-corrected chi connectivity index (χ0v) is 27.1. The van der Waals surface area contributed by atoms with Gasteiger partial charge in [0.05, 0.1) is 31.2 Å². The molecule has 2 N–H and O–H groups in total. The molecule has 1 aromatic carbocycles. The Morgan fingerprint density at radius 3 is 2.60 bits per heavy atom. The molecule has 0 radical (unpaired) electrons. The average Bonchev–Trinajstić information content (AvgIpc) is 3.35. The SMILES string of the molecule is CCCCSCC(=O)N(COC)c1nc2c(F)cc(C)c(F)c2n1SCCCC.O=CCCOCC1CC(O)CC(O)O1. The number of hydrogen-bond acceptors (Lipinski definition) is 10. The van der Waals surface area contributed by atoms with Crippen LogP contribution < -0.4 is 4.90 Å². The predicted octanol–water partition coefficient (Wildman–Crippen LogP) is 4.84. The number of amides is 1. The summed E-state index contributed by atoms with van der Waals surface area (Å²) >= 11 is 2.87. The molecular formula is C29H45F2N3O7S2. The molecule has 43 heavy (non-hydrogen) atoms. The Balaban J connectivity index is 0.000000385. The Bertz CT molecular complexity index is 1130. The van der Waals surface area contributed by atoms with Gasteiger partial charge in [-0.3, -0.25) is 9.69 Å². The van der Waals surface area contributed by atoms with Crippen molar-refractivity contribution in [1.82, 2.24) is 8.96 Å². The second kappa shape index (κ2) is 20.3. The summed E-state index contributed by atoms with van der Waals surface area (Å²) in [5.41, 5.74) is 0.212. The summed E-state index contributed by atoms with van der Waals surface area (Å²) in [5.74, 6) is 0.724. The minimum absolute atomic E-state index is 0.0347. The average molecular weight is 650 g/mol. The van der Waals surface area contributed by atoms with Gasteiger partial charge in [0, 0.05) is 32.1 Å². The van der Waals surface area contributed by atoms with Crippen molar-refractivity contribution < 1.29 is 42.8 Å². The van der Waals surface area contributed by atoms with E-state index in [-0.39, 0.29) is 53.5 Å². The van der Waals surface area contributed by atoms with Crippen molar-refractivity contribution in [3.63, 3.8) is 0 Å². The summed E-state index contributed by atoms with van der Waals surface area (Å²) in [6.45, 7) is 6.31. The van der Waals surface area contributed by atoms with Gasteiger partial charge < -0.3 is 29.2 Å². The number of thioether (sulfide) groups is 1. The standard InChI is InChI=1S/C20H29F2N3O2S2.C9H16O5/c1-5-7-9-28-12-16(26)24(13-27-4)20-23-18-15(21)11-14(3)17(22)19(18)25(20)29-10-8-6-2;10-2-1-3-13-6-8-4-7(11)5-9(12)14-8/h11H,5-10,12-13H2,1-4H3;2,7-9,11-12H,1,3-6H2. The van der Waals surface area contributed by atoms with Crippen LogP contribution in [0.5, 0.6) is 0 Å². The summed E-state index contributed by atoms with van der Waals surface area (Å²) in [5, 5.41) is 18.5. The Morgan fingerprint density at radius 2 is 1.95 bits per heavy atom. The number of aliphatic hydroxyl groups excluding tert-OH is 2. The maximum Gasteiger partial charge on any atom is 0.241 e. The van der Waals surface area contributed by atoms with Crippen molar-refractivity contribution >= 4 is 52.9 Å². The van der Waals surface area contributed by atoms with Gasteiger partial charge in [0.15, 0.2) is 17.9 Å². The van der Waals surface area contributed by atoms with E-state index in [9.17, 15) is 23.5 Å². The predicted molar refractivity (Wildman–Crippen MR) is 166 cm³/mol. The van der Waals surface area contributed by atoms with Crippen LogP contribution in [0.2, 0.25) is 0 Å². The molecule has 1 fully saturated rings. The lowest BCUT2D eigenvalue weighted by Crippen LogP contribution is -2.38. The van der Waals surface area contributed by atoms with Crippen LogP contribution in [0.1, 0.15) is 64.4 Å². The van der Waals surface area contributed by atoms with Crippen LogP contribution in [0.25, 0.3) is 11.0 Å². The smallest absolute Gasteiger partial charge is 0.241 e. The van der Waals surface area contributed by atoms with E-state index in [1.807, 2.05) is 0 Å². The first kappa shape index (κ1) is 37.4. The van der Waals surface area contributed by atoms with Crippen molar-refractivity contribution in [2.45, 2.75) is 84.2 Å². The monoisotopic (exact) mass is 649 g/mol. The molecular weight excluding hydrogens is 604 g/mol. The molecule has 3 unspecified atom stereocenters. The van der Waals surface area contributed by atoms with Crippen LogP contribution in [-0.2, 0) is 23.8 Å². The number of aryl methyl sites for hydroxylation is 1. The highest BCUT2D eigenvalue weighted by molar-refractivity contribution is 8.00. The maximum absolute atomic E-state index is 14.9. The zero-order chi connectivity index (χ0) is 31.8. The third-order valence-electron chi connectivity index (χ3n) is 6.37. The summed E-state index contributed by atoms with van der Waals surface area (Å²) in [6.07, 6.45) is 4.13. The number of aliphatic hydroxyl groups is 2. The molecule has 1 aromatic heterocycles. The third kappa shape index (κ3) is 11.9. The van der Waals surface area contributed by atoms with Crippen molar-refractivity contribution in [3.05, 3.63) is 23.3 Å². The van der Waals surface area contributed by atoms with Gasteiger partial charge in [-0.25, -0.2) is 17.7 Å². The first-order chi connectivity index (χ1) is 20.7. The normalized spacial score (nSPS) is 18.4. The number of imidazole rings is 1. The number of anilines is 1. The third-order valence-corrected chi connectivity index (χ3v) is 8.48. The molecule has 3 rings (SSSR count). The molecule has 0 aliphatic carbocycles. The number of rotatable bonds is 17. The quantitative estimate of drug-likeness (QED) is 0.140. The van der Waals surface area contributed by atoms with Gasteiger partial charge in [0.2, 0.25) is 11.9 Å². The van der Waals surface area contributed by atoms with Crippen LogP contribution >= 0.6 is 23.7 Å². The summed E-state index contributed by atoms with van der Waals surface area (Å²) in [7, 11) is 1.48. The molecule has 10 nitrogen and oxygen atoms in total. The number of nitrogens with zero attached hydrogens (tertiary/aromatic N) is 3. The Labute approximate surface area is 261 Å². The van der Waals surface area contributed by atoms with Crippen molar-refractivity contribution in [1.29, 1.82) is 0 Å². The number of carbonyl (C=O) groups is 2. The molecule has 2 heterocycles. The Morgan fingerprint density at radius 1 is 1.23 bits per heavy atom. The molecule has 1 aliphatic rings. The molecule has 14 heteroatoms. The number of aromatic nitrogens is 2. The van der Waals surface area contributed by atoms with Gasteiger partial charge in [-0.2, -0.15) is 11.8 Å². The van der Waals surface area contributed by atoms with Crippen LogP contribution in [0.4, 0.5) is 14.7 Å². The van der Waals surface area contributed by atoms with E-state index < -0.39 is 24.0 Å². The number of carbonyl (C=O) groups excluding carboxylic acids is 2. The summed E-state index contributed by atoms with van der Waals surface area (Å²) < 4.78 is 46.5. The lowest BCUT2D eigenvalue weighted by Gasteiger charge is -2.29. The Kier molecular flexibility index (Phi) is 17.6. The molecule has 3 atom stereocenters. The lowest BCUT2D eigenvalue weighted by atomic mass is 10.1. The van der Waals surface area contributed by atoms with E-state index in [2.05, 4.69) is 18.8 Å². The fourth-order valence-corrected chi connectivity index (χ4v) is 6.25. The van der Waals surface area contributed by atoms with Gasteiger partial charge in [0.1, 0.15) is 24.1 Å². The summed E-state index contributed by atoms with van der Waals surface area (Å²) in [4.78, 5) is 28.5. The molecule has 0 spiro atoms. The highest BCUT2D eigenvalue weighted by Gasteiger charge is 2.28. The molecule has 1 amide bonds. The van der Waals surface area contributed by atoms with E-state index in [0.29, 0.717) is 31.8 Å². The first-order valence-electron chi connectivity index (χ1n) is 14.6. The van der Waals surface area contributed by atoms with Gasteiger partial charge in [-0.15, -0.1) is 0 Å². The van der Waals surface area contributed by atoms with E-state index in [1.165, 1.54) is 42.6 Å². The van der Waals surface area contributed by atoms with Crippen molar-refractivity contribution in [2.75, 3.05) is 49.2 Å².